The lowest BCUT2D eigenvalue weighted by Gasteiger charge is -2.19. The number of nitrogen functional groups attached to an aromatic ring is 1. The predicted octanol–water partition coefficient (Wildman–Crippen LogP) is 1.23. The van der Waals surface area contributed by atoms with Gasteiger partial charge in [0.2, 0.25) is 5.91 Å². The Kier molecular flexibility index (Phi) is 5.63. The van der Waals surface area contributed by atoms with Gasteiger partial charge in [-0.1, -0.05) is 0 Å². The van der Waals surface area contributed by atoms with E-state index in [-0.39, 0.29) is 11.9 Å². The van der Waals surface area contributed by atoms with Crippen LogP contribution in [0, 0.1) is 0 Å². The van der Waals surface area contributed by atoms with Gasteiger partial charge in [-0.2, -0.15) is 0 Å². The van der Waals surface area contributed by atoms with Crippen molar-refractivity contribution in [2.45, 2.75) is 26.4 Å². The molecule has 0 aliphatic heterocycles. The maximum Gasteiger partial charge on any atom is 0.234 e. The zero-order chi connectivity index (χ0) is 14.4. The third kappa shape index (κ3) is 5.18. The smallest absolute Gasteiger partial charge is 0.234 e. The number of rotatable bonds is 6. The van der Waals surface area contributed by atoms with Crippen molar-refractivity contribution in [3.8, 4) is 5.75 Å². The number of nitrogens with one attached hydrogen (secondary N) is 1. The molecule has 0 spiro atoms. The van der Waals surface area contributed by atoms with Crippen molar-refractivity contribution in [2.75, 3.05) is 26.4 Å². The van der Waals surface area contributed by atoms with Gasteiger partial charge in [0.1, 0.15) is 5.75 Å². The fourth-order valence-corrected chi connectivity index (χ4v) is 1.88. The van der Waals surface area contributed by atoms with Gasteiger partial charge in [-0.15, -0.1) is 0 Å². The fraction of sp³-hybridized carbons (Fsp3) is 0.500. The Morgan fingerprint density at radius 1 is 1.47 bits per heavy atom. The molecular weight excluding hydrogens is 242 g/mol. The Morgan fingerprint density at radius 2 is 2.16 bits per heavy atom. The van der Waals surface area contributed by atoms with Crippen LogP contribution >= 0.6 is 0 Å². The molecule has 0 atom stereocenters. The molecule has 0 aliphatic rings. The van der Waals surface area contributed by atoms with Crippen molar-refractivity contribution in [1.29, 1.82) is 0 Å². The van der Waals surface area contributed by atoms with E-state index >= 15 is 0 Å². The number of nitrogens with zero attached hydrogens (tertiary/aromatic N) is 1. The average Bonchev–Trinajstić information content (AvgIpc) is 2.27. The number of hydrogen-bond donors (Lipinski definition) is 2. The summed E-state index contributed by atoms with van der Waals surface area (Å²) in [6.07, 6.45) is 0. The van der Waals surface area contributed by atoms with Gasteiger partial charge >= 0.3 is 0 Å². The molecule has 1 rings (SSSR count). The molecule has 0 unspecified atom stereocenters. The molecule has 0 fully saturated rings. The van der Waals surface area contributed by atoms with Gasteiger partial charge in [0.15, 0.2) is 0 Å². The summed E-state index contributed by atoms with van der Waals surface area (Å²) in [5, 5.41) is 2.86. The number of carbonyl (C=O) groups excluding carboxylic acids is 1. The van der Waals surface area contributed by atoms with Crippen molar-refractivity contribution < 1.29 is 9.53 Å². The van der Waals surface area contributed by atoms with Crippen LogP contribution in [0.3, 0.4) is 0 Å². The van der Waals surface area contributed by atoms with Crippen LogP contribution in [0.2, 0.25) is 0 Å². The van der Waals surface area contributed by atoms with Crippen LogP contribution in [0.5, 0.6) is 5.75 Å². The molecule has 0 bridgehead atoms. The summed E-state index contributed by atoms with van der Waals surface area (Å²) in [5.74, 6) is 0.797. The van der Waals surface area contributed by atoms with Gasteiger partial charge in [-0.05, 0) is 39.1 Å². The highest BCUT2D eigenvalue weighted by molar-refractivity contribution is 5.78. The lowest BCUT2D eigenvalue weighted by atomic mass is 10.1. The molecule has 3 N–H and O–H groups in total. The van der Waals surface area contributed by atoms with Crippen LogP contribution in [-0.4, -0.2) is 37.6 Å². The summed E-state index contributed by atoms with van der Waals surface area (Å²) >= 11 is 0. The van der Waals surface area contributed by atoms with Crippen LogP contribution in [0.25, 0.3) is 0 Å². The first-order valence-electron chi connectivity index (χ1n) is 6.32. The zero-order valence-corrected chi connectivity index (χ0v) is 12.1. The van der Waals surface area contributed by atoms with Gasteiger partial charge in [-0.3, -0.25) is 9.69 Å². The molecular formula is C14H23N3O2. The Bertz CT molecular complexity index is 433. The van der Waals surface area contributed by atoms with Crippen molar-refractivity contribution in [3.63, 3.8) is 0 Å². The first kappa shape index (κ1) is 15.3. The summed E-state index contributed by atoms with van der Waals surface area (Å²) in [7, 11) is 3.52. The standard InChI is InChI=1S/C14H23N3O2/c1-10(2)16-14(18)9-17(3)8-11-7-12(15)5-6-13(11)19-4/h5-7,10H,8-9,15H2,1-4H3,(H,16,18). The lowest BCUT2D eigenvalue weighted by molar-refractivity contribution is -0.122. The number of methoxy groups -OCH3 is 1. The van der Waals surface area contributed by atoms with E-state index in [9.17, 15) is 4.79 Å². The number of nitrogens with two attached hydrogens (primary N) is 1. The van der Waals surface area contributed by atoms with Gasteiger partial charge in [-0.25, -0.2) is 0 Å². The summed E-state index contributed by atoms with van der Waals surface area (Å²) in [6.45, 7) is 4.84. The maximum atomic E-state index is 11.7. The third-order valence-electron chi connectivity index (χ3n) is 2.61. The SMILES string of the molecule is COc1ccc(N)cc1CN(C)CC(=O)NC(C)C. The number of carbonyl (C=O) groups is 1. The summed E-state index contributed by atoms with van der Waals surface area (Å²) in [5.41, 5.74) is 7.44. The van der Waals surface area contributed by atoms with Crippen LogP contribution in [0.1, 0.15) is 19.4 Å². The molecule has 0 saturated heterocycles. The molecule has 19 heavy (non-hydrogen) atoms. The Morgan fingerprint density at radius 3 is 2.74 bits per heavy atom. The molecule has 0 heterocycles. The van der Waals surface area contributed by atoms with Gasteiger partial charge in [0.25, 0.3) is 0 Å². The van der Waals surface area contributed by atoms with Gasteiger partial charge in [0.05, 0.1) is 13.7 Å². The number of ether oxygens (including phenoxy) is 1. The van der Waals surface area contributed by atoms with Crippen LogP contribution in [-0.2, 0) is 11.3 Å². The van der Waals surface area contributed by atoms with Crippen molar-refractivity contribution in [2.24, 2.45) is 0 Å². The second kappa shape index (κ2) is 6.99. The zero-order valence-electron chi connectivity index (χ0n) is 12.1. The average molecular weight is 265 g/mol. The maximum absolute atomic E-state index is 11.7. The molecule has 1 aromatic carbocycles. The van der Waals surface area contributed by atoms with E-state index in [1.54, 1.807) is 13.2 Å². The monoisotopic (exact) mass is 265 g/mol. The molecule has 1 aromatic rings. The molecule has 5 nitrogen and oxygen atoms in total. The third-order valence-corrected chi connectivity index (χ3v) is 2.61. The number of likely N-dealkylation sites (N-methyl/N-ethyl adjacent to an activating group) is 1. The highest BCUT2D eigenvalue weighted by Gasteiger charge is 2.11. The molecule has 5 heteroatoms. The van der Waals surface area contributed by atoms with Crippen LogP contribution in [0.15, 0.2) is 18.2 Å². The van der Waals surface area contributed by atoms with Crippen LogP contribution in [0.4, 0.5) is 5.69 Å². The minimum absolute atomic E-state index is 0.0142. The second-order valence-electron chi connectivity index (χ2n) is 4.97. The quantitative estimate of drug-likeness (QED) is 0.759. The molecule has 0 saturated carbocycles. The number of anilines is 1. The van der Waals surface area contributed by atoms with E-state index in [0.717, 1.165) is 11.3 Å². The second-order valence-corrected chi connectivity index (χ2v) is 4.97. The largest absolute Gasteiger partial charge is 0.496 e. The normalized spacial score (nSPS) is 10.8. The molecule has 0 aliphatic carbocycles. The first-order chi connectivity index (χ1) is 8.92. The van der Waals surface area contributed by atoms with E-state index in [4.69, 9.17) is 10.5 Å². The minimum Gasteiger partial charge on any atom is -0.496 e. The number of amides is 1. The number of hydrogen-bond acceptors (Lipinski definition) is 4. The van der Waals surface area contributed by atoms with Gasteiger partial charge in [0, 0.05) is 23.8 Å². The Balaban J connectivity index is 2.63. The summed E-state index contributed by atoms with van der Waals surface area (Å²) in [4.78, 5) is 13.6. The first-order valence-corrected chi connectivity index (χ1v) is 6.32. The highest BCUT2D eigenvalue weighted by atomic mass is 16.5. The van der Waals surface area contributed by atoms with E-state index < -0.39 is 0 Å². The van der Waals surface area contributed by atoms with Crippen molar-refractivity contribution >= 4 is 11.6 Å². The minimum atomic E-state index is 0.0142. The summed E-state index contributed by atoms with van der Waals surface area (Å²) < 4.78 is 5.29. The molecule has 0 radical (unpaired) electrons. The van der Waals surface area contributed by atoms with Crippen LogP contribution < -0.4 is 15.8 Å². The molecule has 1 amide bonds. The van der Waals surface area contributed by atoms with E-state index in [1.807, 2.05) is 37.9 Å². The van der Waals surface area contributed by atoms with Gasteiger partial charge < -0.3 is 15.8 Å². The number of benzene rings is 1. The molecule has 0 aromatic heterocycles. The fourth-order valence-electron chi connectivity index (χ4n) is 1.88. The van der Waals surface area contributed by atoms with Crippen molar-refractivity contribution in [3.05, 3.63) is 23.8 Å². The summed E-state index contributed by atoms with van der Waals surface area (Å²) in [6, 6.07) is 5.67. The highest BCUT2D eigenvalue weighted by Crippen LogP contribution is 2.22. The Hall–Kier alpha value is -1.75. The lowest BCUT2D eigenvalue weighted by Crippen LogP contribution is -2.38. The predicted molar refractivity (Wildman–Crippen MR) is 77.0 cm³/mol. The molecule has 106 valence electrons. The Labute approximate surface area is 114 Å². The van der Waals surface area contributed by atoms with E-state index in [0.29, 0.717) is 18.8 Å². The van der Waals surface area contributed by atoms with E-state index in [2.05, 4.69) is 5.32 Å². The topological polar surface area (TPSA) is 67.6 Å². The van der Waals surface area contributed by atoms with Crippen molar-refractivity contribution in [1.82, 2.24) is 10.2 Å². The van der Waals surface area contributed by atoms with E-state index in [1.165, 1.54) is 0 Å².